The number of anilines is 1. The molecule has 0 aliphatic rings. The lowest BCUT2D eigenvalue weighted by atomic mass is 10.3. The monoisotopic (exact) mass is 308 g/mol. The van der Waals surface area contributed by atoms with Gasteiger partial charge in [0, 0.05) is 13.0 Å². The number of H-pyrrole nitrogens is 1. The van der Waals surface area contributed by atoms with Crippen LogP contribution in [0.2, 0.25) is 0 Å². The van der Waals surface area contributed by atoms with Crippen molar-refractivity contribution in [2.24, 2.45) is 5.73 Å². The fourth-order valence-corrected chi connectivity index (χ4v) is 3.43. The molecule has 0 unspecified atom stereocenters. The van der Waals surface area contributed by atoms with Gasteiger partial charge in [0.2, 0.25) is 0 Å². The number of aromatic amines is 1. The average molecular weight is 308 g/mol. The van der Waals surface area contributed by atoms with Gasteiger partial charge in [0.15, 0.2) is 5.03 Å². The van der Waals surface area contributed by atoms with E-state index in [1.807, 2.05) is 25.1 Å². The van der Waals surface area contributed by atoms with Crippen molar-refractivity contribution in [3.8, 4) is 0 Å². The number of nitrogens with two attached hydrogens (primary N) is 1. The molecule has 0 bridgehead atoms. The molecular weight excluding hydrogens is 288 g/mol. The van der Waals surface area contributed by atoms with Gasteiger partial charge >= 0.3 is 0 Å². The molecule has 0 atom stereocenters. The molecule has 0 saturated heterocycles. The van der Waals surface area contributed by atoms with Crippen LogP contribution >= 0.6 is 0 Å². The number of benzene rings is 1. The summed E-state index contributed by atoms with van der Waals surface area (Å²) in [5, 5.41) is 0.111. The fraction of sp³-hybridized carbons (Fsp3) is 0.357. The van der Waals surface area contributed by atoms with Crippen LogP contribution in [0.25, 0.3) is 0 Å². The lowest BCUT2D eigenvalue weighted by Gasteiger charge is -2.23. The minimum absolute atomic E-state index is 0.111. The minimum atomic E-state index is -3.66. The first-order valence-corrected chi connectivity index (χ1v) is 8.35. The van der Waals surface area contributed by atoms with Crippen LogP contribution in [0.15, 0.2) is 41.6 Å². The van der Waals surface area contributed by atoms with Crippen molar-refractivity contribution >= 4 is 15.7 Å². The molecule has 0 radical (unpaired) electrons. The second kappa shape index (κ2) is 6.73. The van der Waals surface area contributed by atoms with E-state index >= 15 is 0 Å². The van der Waals surface area contributed by atoms with Gasteiger partial charge in [-0.15, -0.1) is 0 Å². The van der Waals surface area contributed by atoms with Crippen molar-refractivity contribution in [2.75, 3.05) is 17.4 Å². The molecule has 0 aliphatic carbocycles. The highest BCUT2D eigenvalue weighted by molar-refractivity contribution is 7.92. The van der Waals surface area contributed by atoms with Crippen LogP contribution in [0, 0.1) is 0 Å². The predicted molar refractivity (Wildman–Crippen MR) is 82.6 cm³/mol. The van der Waals surface area contributed by atoms with Gasteiger partial charge in [-0.1, -0.05) is 25.1 Å². The number of imidazole rings is 1. The third kappa shape index (κ3) is 3.43. The highest BCUT2D eigenvalue weighted by Gasteiger charge is 2.26. The second-order valence-electron chi connectivity index (χ2n) is 4.60. The van der Waals surface area contributed by atoms with E-state index in [0.717, 1.165) is 0 Å². The van der Waals surface area contributed by atoms with Crippen LogP contribution in [0.4, 0.5) is 5.69 Å². The SMILES string of the molecule is CCc1ncc(S(=O)(=O)N(CCCN)c2ccccc2)[nH]1. The standard InChI is InChI=1S/C14H20N4O2S/c1-2-13-16-11-14(17-13)21(19,20)18(10-6-9-15)12-7-4-3-5-8-12/h3-5,7-8,11H,2,6,9-10,15H2,1H3,(H,16,17). The highest BCUT2D eigenvalue weighted by atomic mass is 32.2. The molecule has 2 rings (SSSR count). The average Bonchev–Trinajstić information content (AvgIpc) is 2.98. The van der Waals surface area contributed by atoms with Crippen molar-refractivity contribution < 1.29 is 8.42 Å². The summed E-state index contributed by atoms with van der Waals surface area (Å²) >= 11 is 0. The maximum atomic E-state index is 12.8. The molecule has 1 aromatic heterocycles. The van der Waals surface area contributed by atoms with Gasteiger partial charge in [0.05, 0.1) is 11.9 Å². The van der Waals surface area contributed by atoms with Gasteiger partial charge in [0.25, 0.3) is 10.0 Å². The van der Waals surface area contributed by atoms with E-state index in [0.29, 0.717) is 37.4 Å². The molecule has 2 aromatic rings. The van der Waals surface area contributed by atoms with Crippen LogP contribution in [-0.2, 0) is 16.4 Å². The summed E-state index contributed by atoms with van der Waals surface area (Å²) in [6.07, 6.45) is 2.61. The molecule has 0 saturated carbocycles. The maximum Gasteiger partial charge on any atom is 0.281 e. The summed E-state index contributed by atoms with van der Waals surface area (Å²) in [6, 6.07) is 9.01. The third-order valence-corrected chi connectivity index (χ3v) is 4.85. The quantitative estimate of drug-likeness (QED) is 0.811. The normalized spacial score (nSPS) is 11.5. The summed E-state index contributed by atoms with van der Waals surface area (Å²) in [7, 11) is -3.66. The van der Waals surface area contributed by atoms with Crippen molar-refractivity contribution in [1.29, 1.82) is 0 Å². The predicted octanol–water partition coefficient (Wildman–Crippen LogP) is 1.52. The Balaban J connectivity index is 2.39. The van der Waals surface area contributed by atoms with E-state index < -0.39 is 10.0 Å². The lowest BCUT2D eigenvalue weighted by molar-refractivity contribution is 0.586. The second-order valence-corrected chi connectivity index (χ2v) is 6.43. The molecular formula is C14H20N4O2S. The zero-order chi connectivity index (χ0) is 15.3. The Kier molecular flexibility index (Phi) is 4.98. The topological polar surface area (TPSA) is 92.1 Å². The Morgan fingerprint density at radius 3 is 2.57 bits per heavy atom. The Morgan fingerprint density at radius 1 is 1.29 bits per heavy atom. The number of aromatic nitrogens is 2. The van der Waals surface area contributed by atoms with Crippen LogP contribution in [-0.4, -0.2) is 31.5 Å². The third-order valence-electron chi connectivity index (χ3n) is 3.12. The molecule has 0 aliphatic heterocycles. The molecule has 114 valence electrons. The molecule has 1 heterocycles. The largest absolute Gasteiger partial charge is 0.332 e. The molecule has 3 N–H and O–H groups in total. The van der Waals surface area contributed by atoms with Gasteiger partial charge in [-0.25, -0.2) is 4.98 Å². The Hall–Kier alpha value is -1.86. The van der Waals surface area contributed by atoms with Gasteiger partial charge in [-0.2, -0.15) is 8.42 Å². The molecule has 21 heavy (non-hydrogen) atoms. The van der Waals surface area contributed by atoms with Gasteiger partial charge in [-0.05, 0) is 25.1 Å². The molecule has 0 fully saturated rings. The number of aryl methyl sites for hydroxylation is 1. The van der Waals surface area contributed by atoms with E-state index in [1.54, 1.807) is 12.1 Å². The van der Waals surface area contributed by atoms with E-state index in [9.17, 15) is 8.42 Å². The van der Waals surface area contributed by atoms with Crippen LogP contribution in [0.5, 0.6) is 0 Å². The van der Waals surface area contributed by atoms with Crippen molar-refractivity contribution in [1.82, 2.24) is 9.97 Å². The molecule has 6 nitrogen and oxygen atoms in total. The number of sulfonamides is 1. The molecule has 0 amide bonds. The van der Waals surface area contributed by atoms with E-state index in [1.165, 1.54) is 10.5 Å². The number of rotatable bonds is 7. The van der Waals surface area contributed by atoms with Crippen LogP contribution in [0.3, 0.4) is 0 Å². The van der Waals surface area contributed by atoms with E-state index in [4.69, 9.17) is 5.73 Å². The van der Waals surface area contributed by atoms with Gasteiger partial charge in [-0.3, -0.25) is 4.31 Å². The summed E-state index contributed by atoms with van der Waals surface area (Å²) in [4.78, 5) is 6.93. The maximum absolute atomic E-state index is 12.8. The lowest BCUT2D eigenvalue weighted by Crippen LogP contribution is -2.33. The van der Waals surface area contributed by atoms with Gasteiger partial charge in [0.1, 0.15) is 5.82 Å². The Labute approximate surface area is 125 Å². The van der Waals surface area contributed by atoms with Gasteiger partial charge < -0.3 is 10.7 Å². The Morgan fingerprint density at radius 2 is 2.00 bits per heavy atom. The zero-order valence-electron chi connectivity index (χ0n) is 12.0. The summed E-state index contributed by atoms with van der Waals surface area (Å²) in [6.45, 7) is 2.68. The molecule has 0 spiro atoms. The number of para-hydroxylation sites is 1. The number of hydrogen-bond donors (Lipinski definition) is 2. The highest BCUT2D eigenvalue weighted by Crippen LogP contribution is 2.22. The van der Waals surface area contributed by atoms with Crippen molar-refractivity contribution in [3.63, 3.8) is 0 Å². The Bertz CT molecular complexity index is 667. The summed E-state index contributed by atoms with van der Waals surface area (Å²) in [5.41, 5.74) is 6.14. The van der Waals surface area contributed by atoms with Crippen molar-refractivity contribution in [3.05, 3.63) is 42.4 Å². The molecule has 1 aromatic carbocycles. The summed E-state index contributed by atoms with van der Waals surface area (Å²) in [5.74, 6) is 0.653. The molecule has 7 heteroatoms. The number of hydrogen-bond acceptors (Lipinski definition) is 4. The van der Waals surface area contributed by atoms with Crippen LogP contribution in [0.1, 0.15) is 19.2 Å². The van der Waals surface area contributed by atoms with Crippen LogP contribution < -0.4 is 10.0 Å². The number of nitrogens with one attached hydrogen (secondary N) is 1. The van der Waals surface area contributed by atoms with Crippen molar-refractivity contribution in [2.45, 2.75) is 24.8 Å². The fourth-order valence-electron chi connectivity index (χ4n) is 1.99. The number of nitrogens with zero attached hydrogens (tertiary/aromatic N) is 2. The first-order chi connectivity index (χ1) is 10.1. The first kappa shape index (κ1) is 15.5. The summed E-state index contributed by atoms with van der Waals surface area (Å²) < 4.78 is 26.9. The smallest absolute Gasteiger partial charge is 0.281 e. The van der Waals surface area contributed by atoms with E-state index in [2.05, 4.69) is 9.97 Å². The minimum Gasteiger partial charge on any atom is -0.332 e. The van der Waals surface area contributed by atoms with E-state index in [-0.39, 0.29) is 5.03 Å². The first-order valence-electron chi connectivity index (χ1n) is 6.91. The zero-order valence-corrected chi connectivity index (χ0v) is 12.8.